The number of fused-ring (bicyclic) bond motifs is 3. The molecular weight excluding hydrogens is 346 g/mol. The quantitative estimate of drug-likeness (QED) is 0.364. The number of aromatic nitrogens is 1. The lowest BCUT2D eigenvalue weighted by molar-refractivity contribution is -0.389. The predicted octanol–water partition coefficient (Wildman–Crippen LogP) is 5.32. The Kier molecular flexibility index (Phi) is 5.12. The SMILES string of the molecule is CCn1c2ccccc2c2ccccc21.O=[N+]([O-])c1ccc([N+](=O)[O-])cc1. The molecule has 0 bridgehead atoms. The van der Waals surface area contributed by atoms with E-state index in [-0.39, 0.29) is 11.4 Å². The molecule has 0 aliphatic heterocycles. The molecular formula is C20H17N3O4. The molecule has 3 aromatic carbocycles. The summed E-state index contributed by atoms with van der Waals surface area (Å²) in [5, 5.41) is 22.9. The highest BCUT2D eigenvalue weighted by molar-refractivity contribution is 6.07. The Balaban J connectivity index is 0.000000161. The van der Waals surface area contributed by atoms with Crippen molar-refractivity contribution in [1.29, 1.82) is 0 Å². The standard InChI is InChI=1S/C14H13N.C6H4N2O4/c1-2-15-13-9-5-3-7-11(13)12-8-4-6-10-14(12)15;9-7(10)5-1-2-6(4-3-5)8(11)12/h3-10H,2H2,1H3;1-4H. The summed E-state index contributed by atoms with van der Waals surface area (Å²) in [6.07, 6.45) is 0. The number of hydrogen-bond acceptors (Lipinski definition) is 4. The van der Waals surface area contributed by atoms with E-state index in [4.69, 9.17) is 0 Å². The van der Waals surface area contributed by atoms with Crippen molar-refractivity contribution >= 4 is 33.2 Å². The van der Waals surface area contributed by atoms with Crippen LogP contribution in [0.4, 0.5) is 11.4 Å². The van der Waals surface area contributed by atoms with Crippen LogP contribution in [-0.4, -0.2) is 14.4 Å². The summed E-state index contributed by atoms with van der Waals surface area (Å²) >= 11 is 0. The molecule has 1 aromatic heterocycles. The third-order valence-electron chi connectivity index (χ3n) is 4.27. The Morgan fingerprint density at radius 2 is 1.07 bits per heavy atom. The molecule has 7 nitrogen and oxygen atoms in total. The molecule has 0 radical (unpaired) electrons. The van der Waals surface area contributed by atoms with E-state index in [1.165, 1.54) is 21.8 Å². The fourth-order valence-electron chi connectivity index (χ4n) is 3.04. The molecule has 0 spiro atoms. The van der Waals surface area contributed by atoms with Crippen LogP contribution in [0.2, 0.25) is 0 Å². The Labute approximate surface area is 154 Å². The van der Waals surface area contributed by atoms with Crippen LogP contribution in [0, 0.1) is 20.2 Å². The Morgan fingerprint density at radius 1 is 0.704 bits per heavy atom. The molecule has 0 saturated heterocycles. The molecule has 7 heteroatoms. The maximum atomic E-state index is 10.1. The Morgan fingerprint density at radius 3 is 1.41 bits per heavy atom. The summed E-state index contributed by atoms with van der Waals surface area (Å²) < 4.78 is 2.37. The third-order valence-corrected chi connectivity index (χ3v) is 4.27. The van der Waals surface area contributed by atoms with Crippen molar-refractivity contribution in [1.82, 2.24) is 4.57 Å². The largest absolute Gasteiger partial charge is 0.341 e. The molecule has 0 aliphatic rings. The number of rotatable bonds is 3. The molecule has 4 rings (SSSR count). The van der Waals surface area contributed by atoms with E-state index in [0.717, 1.165) is 30.8 Å². The number of benzene rings is 3. The van der Waals surface area contributed by atoms with E-state index in [1.54, 1.807) is 0 Å². The smallest absolute Gasteiger partial charge is 0.269 e. The average Bonchev–Trinajstić information content (AvgIpc) is 3.02. The minimum absolute atomic E-state index is 0.152. The maximum Gasteiger partial charge on any atom is 0.269 e. The van der Waals surface area contributed by atoms with Gasteiger partial charge in [0.1, 0.15) is 0 Å². The van der Waals surface area contributed by atoms with Gasteiger partial charge >= 0.3 is 0 Å². The minimum Gasteiger partial charge on any atom is -0.341 e. The topological polar surface area (TPSA) is 91.2 Å². The van der Waals surface area contributed by atoms with Crippen LogP contribution >= 0.6 is 0 Å². The van der Waals surface area contributed by atoms with E-state index in [9.17, 15) is 20.2 Å². The van der Waals surface area contributed by atoms with E-state index < -0.39 is 9.85 Å². The molecule has 4 aromatic rings. The highest BCUT2D eigenvalue weighted by Gasteiger charge is 2.09. The first-order valence-electron chi connectivity index (χ1n) is 8.37. The molecule has 0 unspecified atom stereocenters. The lowest BCUT2D eigenvalue weighted by atomic mass is 10.2. The summed E-state index contributed by atoms with van der Waals surface area (Å²) in [5.74, 6) is 0. The van der Waals surface area contributed by atoms with Crippen LogP contribution in [0.25, 0.3) is 21.8 Å². The molecule has 0 N–H and O–H groups in total. The maximum absolute atomic E-state index is 10.1. The van der Waals surface area contributed by atoms with Gasteiger partial charge in [-0.25, -0.2) is 0 Å². The highest BCUT2D eigenvalue weighted by atomic mass is 16.6. The molecule has 27 heavy (non-hydrogen) atoms. The number of nitrogens with zero attached hydrogens (tertiary/aromatic N) is 3. The van der Waals surface area contributed by atoms with Gasteiger partial charge in [0.2, 0.25) is 0 Å². The molecule has 136 valence electrons. The second-order valence-corrected chi connectivity index (χ2v) is 5.81. The highest BCUT2D eigenvalue weighted by Crippen LogP contribution is 2.28. The second kappa shape index (κ2) is 7.65. The summed E-state index contributed by atoms with van der Waals surface area (Å²) in [4.78, 5) is 19.0. The van der Waals surface area contributed by atoms with Crippen molar-refractivity contribution in [3.63, 3.8) is 0 Å². The van der Waals surface area contributed by atoms with Crippen molar-refractivity contribution in [2.75, 3.05) is 0 Å². The molecule has 0 atom stereocenters. The van der Waals surface area contributed by atoms with Gasteiger partial charge in [-0.15, -0.1) is 0 Å². The van der Waals surface area contributed by atoms with Gasteiger partial charge in [0.15, 0.2) is 0 Å². The van der Waals surface area contributed by atoms with Crippen molar-refractivity contribution < 1.29 is 9.85 Å². The zero-order valence-electron chi connectivity index (χ0n) is 14.6. The zero-order chi connectivity index (χ0) is 19.4. The first kappa shape index (κ1) is 18.1. The summed E-state index contributed by atoms with van der Waals surface area (Å²) in [6, 6.07) is 21.6. The van der Waals surface area contributed by atoms with Crippen molar-refractivity contribution in [2.45, 2.75) is 13.5 Å². The van der Waals surface area contributed by atoms with Gasteiger partial charge in [-0.3, -0.25) is 20.2 Å². The molecule has 0 amide bonds. The van der Waals surface area contributed by atoms with Gasteiger partial charge in [0.25, 0.3) is 11.4 Å². The fourth-order valence-corrected chi connectivity index (χ4v) is 3.04. The van der Waals surface area contributed by atoms with Crippen molar-refractivity contribution in [3.05, 3.63) is 93.0 Å². The van der Waals surface area contributed by atoms with Crippen LogP contribution in [0.3, 0.4) is 0 Å². The fraction of sp³-hybridized carbons (Fsp3) is 0.100. The number of non-ortho nitro benzene ring substituents is 2. The van der Waals surface area contributed by atoms with E-state index in [0.29, 0.717) is 0 Å². The van der Waals surface area contributed by atoms with E-state index >= 15 is 0 Å². The van der Waals surface area contributed by atoms with Crippen molar-refractivity contribution in [3.8, 4) is 0 Å². The first-order chi connectivity index (χ1) is 13.0. The van der Waals surface area contributed by atoms with Gasteiger partial charge in [0.05, 0.1) is 9.85 Å². The Hall–Kier alpha value is -3.74. The number of aryl methyl sites for hydroxylation is 1. The first-order valence-corrected chi connectivity index (χ1v) is 8.37. The van der Waals surface area contributed by atoms with Crippen LogP contribution in [-0.2, 0) is 6.54 Å². The molecule has 0 aliphatic carbocycles. The van der Waals surface area contributed by atoms with Gasteiger partial charge in [-0.2, -0.15) is 0 Å². The Bertz CT molecular complexity index is 1030. The molecule has 1 heterocycles. The zero-order valence-corrected chi connectivity index (χ0v) is 14.6. The van der Waals surface area contributed by atoms with Crippen LogP contribution in [0.5, 0.6) is 0 Å². The minimum atomic E-state index is -0.607. The van der Waals surface area contributed by atoms with Gasteiger partial charge in [0, 0.05) is 52.6 Å². The van der Waals surface area contributed by atoms with Gasteiger partial charge < -0.3 is 4.57 Å². The normalized spacial score (nSPS) is 10.4. The summed E-state index contributed by atoms with van der Waals surface area (Å²) in [5.41, 5.74) is 2.36. The monoisotopic (exact) mass is 363 g/mol. The lowest BCUT2D eigenvalue weighted by Crippen LogP contribution is -1.91. The number of para-hydroxylation sites is 2. The third kappa shape index (κ3) is 3.62. The number of nitro groups is 2. The average molecular weight is 363 g/mol. The summed E-state index contributed by atoms with van der Waals surface area (Å²) in [6.45, 7) is 3.22. The molecule has 0 fully saturated rings. The van der Waals surface area contributed by atoms with Gasteiger partial charge in [-0.1, -0.05) is 36.4 Å². The van der Waals surface area contributed by atoms with E-state index in [1.807, 2.05) is 0 Å². The van der Waals surface area contributed by atoms with Crippen LogP contribution < -0.4 is 0 Å². The van der Waals surface area contributed by atoms with Crippen LogP contribution in [0.1, 0.15) is 6.92 Å². The number of hydrogen-bond donors (Lipinski definition) is 0. The summed E-state index contributed by atoms with van der Waals surface area (Å²) in [7, 11) is 0. The molecule has 0 saturated carbocycles. The van der Waals surface area contributed by atoms with E-state index in [2.05, 4.69) is 60.0 Å². The second-order valence-electron chi connectivity index (χ2n) is 5.81. The lowest BCUT2D eigenvalue weighted by Gasteiger charge is -2.01. The predicted molar refractivity (Wildman–Crippen MR) is 105 cm³/mol. The van der Waals surface area contributed by atoms with Gasteiger partial charge in [-0.05, 0) is 19.1 Å². The van der Waals surface area contributed by atoms with Crippen LogP contribution in [0.15, 0.2) is 72.8 Å². The number of nitro benzene ring substituents is 2. The van der Waals surface area contributed by atoms with Crippen molar-refractivity contribution in [2.24, 2.45) is 0 Å².